The van der Waals surface area contributed by atoms with Gasteiger partial charge in [0.15, 0.2) is 0 Å². The largest absolute Gasteiger partial charge is 0.298 e. The van der Waals surface area contributed by atoms with E-state index in [0.717, 1.165) is 13.0 Å². The molecule has 1 aromatic carbocycles. The van der Waals surface area contributed by atoms with E-state index in [4.69, 9.17) is 0 Å². The number of hydrogen-bond donors (Lipinski definition) is 0. The SMILES string of the molecule is CC(=Cc1ccccc1)CCN(C(C)C)C(C)C. The molecule has 0 N–H and O–H groups in total. The lowest BCUT2D eigenvalue weighted by Gasteiger charge is -2.30. The van der Waals surface area contributed by atoms with E-state index in [9.17, 15) is 0 Å². The summed E-state index contributed by atoms with van der Waals surface area (Å²) >= 11 is 0. The fourth-order valence-corrected chi connectivity index (χ4v) is 2.32. The zero-order chi connectivity index (χ0) is 13.5. The highest BCUT2D eigenvalue weighted by Gasteiger charge is 2.12. The lowest BCUT2D eigenvalue weighted by atomic mass is 10.1. The van der Waals surface area contributed by atoms with Crippen LogP contribution in [0.1, 0.15) is 46.6 Å². The first kappa shape index (κ1) is 15.0. The van der Waals surface area contributed by atoms with E-state index >= 15 is 0 Å². The van der Waals surface area contributed by atoms with Crippen LogP contribution in [0.4, 0.5) is 0 Å². The second-order valence-electron chi connectivity index (χ2n) is 5.58. The highest BCUT2D eigenvalue weighted by atomic mass is 15.2. The van der Waals surface area contributed by atoms with Crippen molar-refractivity contribution in [3.8, 4) is 0 Å². The molecule has 18 heavy (non-hydrogen) atoms. The molecule has 0 amide bonds. The Morgan fingerprint density at radius 1 is 1.06 bits per heavy atom. The van der Waals surface area contributed by atoms with Crippen molar-refractivity contribution in [2.75, 3.05) is 6.54 Å². The van der Waals surface area contributed by atoms with E-state index in [0.29, 0.717) is 12.1 Å². The van der Waals surface area contributed by atoms with Gasteiger partial charge < -0.3 is 0 Å². The minimum absolute atomic E-state index is 0.620. The molecule has 0 fully saturated rings. The van der Waals surface area contributed by atoms with Crippen molar-refractivity contribution >= 4 is 6.08 Å². The van der Waals surface area contributed by atoms with Gasteiger partial charge in [0.2, 0.25) is 0 Å². The summed E-state index contributed by atoms with van der Waals surface area (Å²) in [5.74, 6) is 0. The molecule has 1 rings (SSSR count). The number of rotatable bonds is 6. The third kappa shape index (κ3) is 5.05. The van der Waals surface area contributed by atoms with Gasteiger partial charge in [-0.25, -0.2) is 0 Å². The second-order valence-corrected chi connectivity index (χ2v) is 5.58. The lowest BCUT2D eigenvalue weighted by Crippen LogP contribution is -2.37. The number of benzene rings is 1. The van der Waals surface area contributed by atoms with Crippen LogP contribution in [-0.4, -0.2) is 23.5 Å². The van der Waals surface area contributed by atoms with Crippen LogP contribution in [0.25, 0.3) is 6.08 Å². The van der Waals surface area contributed by atoms with Crippen LogP contribution in [-0.2, 0) is 0 Å². The van der Waals surface area contributed by atoms with E-state index < -0.39 is 0 Å². The Balaban J connectivity index is 2.55. The van der Waals surface area contributed by atoms with Gasteiger partial charge in [-0.3, -0.25) is 4.90 Å². The molecule has 0 aliphatic heterocycles. The van der Waals surface area contributed by atoms with Crippen molar-refractivity contribution in [2.24, 2.45) is 0 Å². The van der Waals surface area contributed by atoms with Gasteiger partial charge in [-0.05, 0) is 46.6 Å². The molecule has 0 aromatic heterocycles. The summed E-state index contributed by atoms with van der Waals surface area (Å²) in [4.78, 5) is 2.54. The maximum atomic E-state index is 2.54. The quantitative estimate of drug-likeness (QED) is 0.708. The van der Waals surface area contributed by atoms with Crippen LogP contribution in [0.15, 0.2) is 35.9 Å². The van der Waals surface area contributed by atoms with Gasteiger partial charge in [-0.15, -0.1) is 0 Å². The summed E-state index contributed by atoms with van der Waals surface area (Å²) < 4.78 is 0. The molecule has 0 saturated carbocycles. The van der Waals surface area contributed by atoms with Gasteiger partial charge in [0.25, 0.3) is 0 Å². The summed E-state index contributed by atoms with van der Waals surface area (Å²) in [6, 6.07) is 11.8. The Hall–Kier alpha value is -1.08. The van der Waals surface area contributed by atoms with Crippen molar-refractivity contribution in [2.45, 2.75) is 53.1 Å². The predicted octanol–water partition coefficient (Wildman–Crippen LogP) is 4.60. The lowest BCUT2D eigenvalue weighted by molar-refractivity contribution is 0.177. The third-order valence-corrected chi connectivity index (χ3v) is 3.30. The third-order valence-electron chi connectivity index (χ3n) is 3.30. The molecule has 0 saturated heterocycles. The normalized spacial score (nSPS) is 12.8. The fourth-order valence-electron chi connectivity index (χ4n) is 2.32. The molecule has 0 aliphatic carbocycles. The van der Waals surface area contributed by atoms with E-state index in [1.165, 1.54) is 11.1 Å². The van der Waals surface area contributed by atoms with E-state index in [2.05, 4.69) is 75.9 Å². The van der Waals surface area contributed by atoms with Crippen molar-refractivity contribution in [3.63, 3.8) is 0 Å². The first-order chi connectivity index (χ1) is 8.50. The van der Waals surface area contributed by atoms with Crippen LogP contribution >= 0.6 is 0 Å². The first-order valence-electron chi connectivity index (χ1n) is 6.98. The van der Waals surface area contributed by atoms with Gasteiger partial charge in [0, 0.05) is 18.6 Å². The average Bonchev–Trinajstić information content (AvgIpc) is 2.29. The maximum absolute atomic E-state index is 2.54. The average molecular weight is 245 g/mol. The summed E-state index contributed by atoms with van der Waals surface area (Å²) in [5, 5.41) is 0. The molecule has 0 spiro atoms. The van der Waals surface area contributed by atoms with Crippen molar-refractivity contribution in [1.29, 1.82) is 0 Å². The van der Waals surface area contributed by atoms with E-state index in [1.807, 2.05) is 0 Å². The minimum atomic E-state index is 0.620. The molecule has 0 unspecified atom stereocenters. The monoisotopic (exact) mass is 245 g/mol. The number of hydrogen-bond acceptors (Lipinski definition) is 1. The van der Waals surface area contributed by atoms with Gasteiger partial charge in [-0.1, -0.05) is 42.0 Å². The summed E-state index contributed by atoms with van der Waals surface area (Å²) in [6.07, 6.45) is 3.43. The molecule has 1 nitrogen and oxygen atoms in total. The molecule has 100 valence electrons. The van der Waals surface area contributed by atoms with Gasteiger partial charge in [0.05, 0.1) is 0 Å². The molecule has 1 heteroatoms. The molecule has 0 atom stereocenters. The number of nitrogens with zero attached hydrogens (tertiary/aromatic N) is 1. The molecule has 0 heterocycles. The Kier molecular flexibility index (Phi) is 6.14. The van der Waals surface area contributed by atoms with Crippen molar-refractivity contribution < 1.29 is 0 Å². The van der Waals surface area contributed by atoms with Crippen LogP contribution < -0.4 is 0 Å². The fraction of sp³-hybridized carbons (Fsp3) is 0.529. The summed E-state index contributed by atoms with van der Waals surface area (Å²) in [7, 11) is 0. The standard InChI is InChI=1S/C17H27N/c1-14(2)18(15(3)4)12-11-16(5)13-17-9-7-6-8-10-17/h6-10,13-15H,11-12H2,1-5H3. The Bertz CT molecular complexity index is 354. The smallest absolute Gasteiger partial charge is 0.00414 e. The van der Waals surface area contributed by atoms with Gasteiger partial charge >= 0.3 is 0 Å². The maximum Gasteiger partial charge on any atom is 0.00414 e. The van der Waals surface area contributed by atoms with Gasteiger partial charge in [-0.2, -0.15) is 0 Å². The second kappa shape index (κ2) is 7.38. The molecular formula is C17H27N. The highest BCUT2D eigenvalue weighted by molar-refractivity contribution is 5.51. The first-order valence-corrected chi connectivity index (χ1v) is 6.98. The Morgan fingerprint density at radius 2 is 1.61 bits per heavy atom. The van der Waals surface area contributed by atoms with Crippen molar-refractivity contribution in [3.05, 3.63) is 41.5 Å². The molecule has 0 radical (unpaired) electrons. The molecular weight excluding hydrogens is 218 g/mol. The van der Waals surface area contributed by atoms with E-state index in [1.54, 1.807) is 0 Å². The van der Waals surface area contributed by atoms with Crippen molar-refractivity contribution in [1.82, 2.24) is 4.90 Å². The van der Waals surface area contributed by atoms with Gasteiger partial charge in [0.1, 0.15) is 0 Å². The Labute approximate surface area is 113 Å². The van der Waals surface area contributed by atoms with Crippen LogP contribution in [0.2, 0.25) is 0 Å². The molecule has 0 aliphatic rings. The minimum Gasteiger partial charge on any atom is -0.298 e. The van der Waals surface area contributed by atoms with Crippen LogP contribution in [0.5, 0.6) is 0 Å². The van der Waals surface area contributed by atoms with E-state index in [-0.39, 0.29) is 0 Å². The predicted molar refractivity (Wildman–Crippen MR) is 81.7 cm³/mol. The summed E-state index contributed by atoms with van der Waals surface area (Å²) in [5.41, 5.74) is 2.75. The highest BCUT2D eigenvalue weighted by Crippen LogP contribution is 2.12. The van der Waals surface area contributed by atoms with Crippen LogP contribution in [0, 0.1) is 0 Å². The zero-order valence-electron chi connectivity index (χ0n) is 12.5. The molecule has 0 bridgehead atoms. The summed E-state index contributed by atoms with van der Waals surface area (Å²) in [6.45, 7) is 12.5. The zero-order valence-corrected chi connectivity index (χ0v) is 12.5. The Morgan fingerprint density at radius 3 is 2.11 bits per heavy atom. The molecule has 1 aromatic rings. The van der Waals surface area contributed by atoms with Crippen LogP contribution in [0.3, 0.4) is 0 Å². The topological polar surface area (TPSA) is 3.24 Å².